The van der Waals surface area contributed by atoms with Gasteiger partial charge >= 0.3 is 0 Å². The molecule has 4 rings (SSSR count). The number of halogens is 1. The molecule has 1 amide bonds. The fourth-order valence-electron chi connectivity index (χ4n) is 3.55. The number of para-hydroxylation sites is 1. The molecule has 9 heteroatoms. The van der Waals surface area contributed by atoms with Gasteiger partial charge in [-0.2, -0.15) is 0 Å². The summed E-state index contributed by atoms with van der Waals surface area (Å²) in [5, 5.41) is 12.5. The third kappa shape index (κ3) is 6.18. The summed E-state index contributed by atoms with van der Waals surface area (Å²) in [5.41, 5.74) is 1.73. The van der Waals surface area contributed by atoms with Gasteiger partial charge in [-0.25, -0.2) is 0 Å². The Hall–Kier alpha value is -2.84. The molecule has 1 saturated carbocycles. The number of ketones is 1. The number of thioether (sulfide) groups is 1. The molecular formula is C25H27ClN4O3S. The minimum absolute atomic E-state index is 0.0395. The van der Waals surface area contributed by atoms with Crippen molar-refractivity contribution in [2.24, 2.45) is 0 Å². The zero-order valence-electron chi connectivity index (χ0n) is 19.2. The molecule has 1 fully saturated rings. The average molecular weight is 499 g/mol. The van der Waals surface area contributed by atoms with Gasteiger partial charge in [0.15, 0.2) is 16.8 Å². The third-order valence-electron chi connectivity index (χ3n) is 5.52. The van der Waals surface area contributed by atoms with E-state index < -0.39 is 0 Å². The number of benzene rings is 2. The Balaban J connectivity index is 1.39. The lowest BCUT2D eigenvalue weighted by Gasteiger charge is -2.13. The molecule has 0 aliphatic heterocycles. The molecule has 0 radical (unpaired) electrons. The van der Waals surface area contributed by atoms with E-state index in [2.05, 4.69) is 20.1 Å². The van der Waals surface area contributed by atoms with Gasteiger partial charge in [-0.05, 0) is 43.9 Å². The second kappa shape index (κ2) is 11.1. The van der Waals surface area contributed by atoms with Gasteiger partial charge in [0.25, 0.3) is 0 Å². The zero-order valence-corrected chi connectivity index (χ0v) is 20.7. The number of carbonyl (C=O) groups excluding carboxylic acids is 2. The number of aromatic nitrogens is 3. The summed E-state index contributed by atoms with van der Waals surface area (Å²) >= 11 is 7.61. The van der Waals surface area contributed by atoms with E-state index in [1.165, 1.54) is 18.7 Å². The first kappa shape index (κ1) is 24.3. The highest BCUT2D eigenvalue weighted by Crippen LogP contribution is 2.40. The minimum atomic E-state index is -0.315. The van der Waals surface area contributed by atoms with Gasteiger partial charge in [-0.1, -0.05) is 59.8 Å². The van der Waals surface area contributed by atoms with Crippen LogP contribution in [0.15, 0.2) is 53.7 Å². The van der Waals surface area contributed by atoms with Crippen molar-refractivity contribution in [1.29, 1.82) is 0 Å². The lowest BCUT2D eigenvalue weighted by atomic mass is 10.0. The summed E-state index contributed by atoms with van der Waals surface area (Å²) in [5.74, 6) is 1.33. The van der Waals surface area contributed by atoms with Crippen LogP contribution in [0, 0.1) is 0 Å². The number of nitrogens with one attached hydrogen (secondary N) is 1. The molecule has 0 saturated heterocycles. The summed E-state index contributed by atoms with van der Waals surface area (Å²) < 4.78 is 7.97. The Morgan fingerprint density at radius 3 is 2.59 bits per heavy atom. The first-order chi connectivity index (χ1) is 16.4. The Morgan fingerprint density at radius 2 is 1.91 bits per heavy atom. The molecule has 1 aromatic heterocycles. The first-order valence-electron chi connectivity index (χ1n) is 11.3. The van der Waals surface area contributed by atoms with E-state index in [1.54, 1.807) is 6.07 Å². The maximum atomic E-state index is 13.0. The predicted octanol–water partition coefficient (Wildman–Crippen LogP) is 4.89. The maximum Gasteiger partial charge on any atom is 0.216 e. The van der Waals surface area contributed by atoms with Crippen LogP contribution < -0.4 is 10.1 Å². The lowest BCUT2D eigenvalue weighted by molar-refractivity contribution is -0.118. The molecule has 3 aromatic rings. The van der Waals surface area contributed by atoms with Crippen LogP contribution in [0.1, 0.15) is 54.5 Å². The van der Waals surface area contributed by atoms with Gasteiger partial charge in [-0.3, -0.25) is 14.2 Å². The van der Waals surface area contributed by atoms with Crippen molar-refractivity contribution in [2.75, 3.05) is 6.54 Å². The number of hydrogen-bond acceptors (Lipinski definition) is 6. The highest BCUT2D eigenvalue weighted by Gasteiger charge is 2.31. The molecule has 2 aromatic carbocycles. The molecule has 178 valence electrons. The fourth-order valence-corrected chi connectivity index (χ4v) is 4.76. The molecule has 1 unspecified atom stereocenters. The Morgan fingerprint density at radius 1 is 1.18 bits per heavy atom. The second-order valence-electron chi connectivity index (χ2n) is 8.27. The summed E-state index contributed by atoms with van der Waals surface area (Å²) in [4.78, 5) is 24.0. The lowest BCUT2D eigenvalue weighted by Crippen LogP contribution is -2.22. The van der Waals surface area contributed by atoms with Gasteiger partial charge in [-0.15, -0.1) is 10.2 Å². The third-order valence-corrected chi connectivity index (χ3v) is 6.89. The monoisotopic (exact) mass is 498 g/mol. The summed E-state index contributed by atoms with van der Waals surface area (Å²) in [6.07, 6.45) is 2.85. The van der Waals surface area contributed by atoms with E-state index >= 15 is 0 Å². The predicted molar refractivity (Wildman–Crippen MR) is 133 cm³/mol. The second-order valence-corrected chi connectivity index (χ2v) is 9.99. The SMILES string of the molecule is CC(=O)NCCc1ccc(C(=O)C(C)Sc2nnc(COc3ccccc3Cl)n2C2CC2)cc1. The van der Waals surface area contributed by atoms with E-state index in [9.17, 15) is 9.59 Å². The van der Waals surface area contributed by atoms with Crippen LogP contribution in [-0.2, 0) is 17.8 Å². The fraction of sp³-hybridized carbons (Fsp3) is 0.360. The quantitative estimate of drug-likeness (QED) is 0.299. The van der Waals surface area contributed by atoms with E-state index in [1.807, 2.05) is 49.4 Å². The highest BCUT2D eigenvalue weighted by atomic mass is 35.5. The van der Waals surface area contributed by atoms with Crippen LogP contribution in [0.25, 0.3) is 0 Å². The van der Waals surface area contributed by atoms with Gasteiger partial charge in [0.05, 0.1) is 10.3 Å². The maximum absolute atomic E-state index is 13.0. The van der Waals surface area contributed by atoms with Gasteiger partial charge in [0.2, 0.25) is 5.91 Å². The van der Waals surface area contributed by atoms with Crippen molar-refractivity contribution in [3.63, 3.8) is 0 Å². The van der Waals surface area contributed by atoms with Crippen molar-refractivity contribution >= 4 is 35.1 Å². The first-order valence-corrected chi connectivity index (χ1v) is 12.5. The molecule has 0 spiro atoms. The number of carbonyl (C=O) groups is 2. The summed E-state index contributed by atoms with van der Waals surface area (Å²) in [6, 6.07) is 15.2. The summed E-state index contributed by atoms with van der Waals surface area (Å²) in [6.45, 7) is 4.23. The van der Waals surface area contributed by atoms with Crippen molar-refractivity contribution in [1.82, 2.24) is 20.1 Å². The van der Waals surface area contributed by atoms with Gasteiger partial charge in [0.1, 0.15) is 12.4 Å². The Bertz CT molecular complexity index is 1160. The molecule has 0 bridgehead atoms. The van der Waals surface area contributed by atoms with Crippen LogP contribution in [0.2, 0.25) is 5.02 Å². The molecule has 1 heterocycles. The van der Waals surface area contributed by atoms with Crippen molar-refractivity contribution in [3.8, 4) is 5.75 Å². The molecular weight excluding hydrogens is 472 g/mol. The van der Waals surface area contributed by atoms with Crippen LogP contribution in [0.4, 0.5) is 0 Å². The minimum Gasteiger partial charge on any atom is -0.484 e. The van der Waals surface area contributed by atoms with Crippen LogP contribution >= 0.6 is 23.4 Å². The van der Waals surface area contributed by atoms with Crippen molar-refractivity contribution in [2.45, 2.75) is 56.2 Å². The van der Waals surface area contributed by atoms with Crippen molar-refractivity contribution in [3.05, 3.63) is 70.5 Å². The van der Waals surface area contributed by atoms with Gasteiger partial charge in [0, 0.05) is 25.1 Å². The molecule has 7 nitrogen and oxygen atoms in total. The largest absolute Gasteiger partial charge is 0.484 e. The zero-order chi connectivity index (χ0) is 24.1. The van der Waals surface area contributed by atoms with Crippen LogP contribution in [0.5, 0.6) is 5.75 Å². The molecule has 1 aliphatic carbocycles. The number of rotatable bonds is 11. The molecule has 34 heavy (non-hydrogen) atoms. The number of amides is 1. The number of nitrogens with zero attached hydrogens (tertiary/aromatic N) is 3. The van der Waals surface area contributed by atoms with E-state index in [4.69, 9.17) is 16.3 Å². The van der Waals surface area contributed by atoms with Crippen molar-refractivity contribution < 1.29 is 14.3 Å². The summed E-state index contributed by atoms with van der Waals surface area (Å²) in [7, 11) is 0. The molecule has 1 aliphatic rings. The Labute approximate surface area is 208 Å². The number of Topliss-reactive ketones (excluding diaryl/α,β-unsaturated/α-hetero) is 1. The smallest absolute Gasteiger partial charge is 0.216 e. The normalized spacial score (nSPS) is 14.0. The van der Waals surface area contributed by atoms with E-state index in [0.717, 1.165) is 35.8 Å². The standard InChI is InChI=1S/C25H27ClN4O3S/c1-16(24(32)19-9-7-18(8-10-19)13-14-27-17(2)31)34-25-29-28-23(30(25)20-11-12-20)15-33-22-6-4-3-5-21(22)26/h3-10,16,20H,11-15H2,1-2H3,(H,27,31). The highest BCUT2D eigenvalue weighted by molar-refractivity contribution is 8.00. The van der Waals surface area contributed by atoms with E-state index in [-0.39, 0.29) is 23.5 Å². The van der Waals surface area contributed by atoms with E-state index in [0.29, 0.717) is 28.9 Å². The molecule has 1 N–H and O–H groups in total. The van der Waals surface area contributed by atoms with Gasteiger partial charge < -0.3 is 10.1 Å². The topological polar surface area (TPSA) is 86.1 Å². The average Bonchev–Trinajstić information content (AvgIpc) is 3.59. The molecule has 1 atom stereocenters. The Kier molecular flexibility index (Phi) is 7.90. The number of ether oxygens (including phenoxy) is 1. The number of hydrogen-bond donors (Lipinski definition) is 1. The van der Waals surface area contributed by atoms with Crippen LogP contribution in [0.3, 0.4) is 0 Å². The van der Waals surface area contributed by atoms with Crippen LogP contribution in [-0.4, -0.2) is 38.2 Å².